The number of nitrogen functional groups attached to an aromatic ring is 1. The normalized spacial score (nSPS) is 13.2. The highest BCUT2D eigenvalue weighted by Crippen LogP contribution is 2.22. The summed E-state index contributed by atoms with van der Waals surface area (Å²) < 4.78 is 6.44. The highest BCUT2D eigenvalue weighted by molar-refractivity contribution is 5.92. The summed E-state index contributed by atoms with van der Waals surface area (Å²) in [5.74, 6) is 0.165. The molecule has 0 fully saturated rings. The first-order chi connectivity index (χ1) is 9.69. The Morgan fingerprint density at radius 2 is 2.30 bits per heavy atom. The molecule has 0 atom stereocenters. The molecular weight excluding hydrogens is 256 g/mol. The number of carbonyl (C=O) groups is 1. The molecular formula is C14H16N4O2. The summed E-state index contributed by atoms with van der Waals surface area (Å²) in [7, 11) is 0. The zero-order valence-electron chi connectivity index (χ0n) is 11.3. The molecule has 1 aliphatic rings. The van der Waals surface area contributed by atoms with Crippen LogP contribution < -0.4 is 5.73 Å². The monoisotopic (exact) mass is 272 g/mol. The summed E-state index contributed by atoms with van der Waals surface area (Å²) in [5.41, 5.74) is 8.64. The van der Waals surface area contributed by atoms with Crippen molar-refractivity contribution in [2.45, 2.75) is 26.2 Å². The van der Waals surface area contributed by atoms with E-state index < -0.39 is 5.97 Å². The maximum Gasteiger partial charge on any atom is 0.361 e. The van der Waals surface area contributed by atoms with Crippen LogP contribution in [-0.4, -0.2) is 27.3 Å². The summed E-state index contributed by atoms with van der Waals surface area (Å²) in [6.07, 6.45) is 4.81. The molecule has 0 radical (unpaired) electrons. The van der Waals surface area contributed by atoms with Gasteiger partial charge in [0.25, 0.3) is 0 Å². The van der Waals surface area contributed by atoms with Gasteiger partial charge in [-0.05, 0) is 37.8 Å². The zero-order chi connectivity index (χ0) is 14.1. The molecule has 104 valence electrons. The lowest BCUT2D eigenvalue weighted by atomic mass is 10.2. The van der Waals surface area contributed by atoms with E-state index in [1.165, 1.54) is 10.2 Å². The number of esters is 1. The minimum absolute atomic E-state index is 0.133. The molecule has 0 spiro atoms. The van der Waals surface area contributed by atoms with Crippen LogP contribution in [0.2, 0.25) is 0 Å². The Bertz CT molecular complexity index is 663. The van der Waals surface area contributed by atoms with Gasteiger partial charge in [-0.2, -0.15) is 5.10 Å². The number of hydrogen-bond donors (Lipinski definition) is 1. The van der Waals surface area contributed by atoms with Crippen molar-refractivity contribution in [2.24, 2.45) is 0 Å². The van der Waals surface area contributed by atoms with Crippen LogP contribution >= 0.6 is 0 Å². The highest BCUT2D eigenvalue weighted by Gasteiger charge is 2.18. The molecule has 2 aromatic heterocycles. The van der Waals surface area contributed by atoms with E-state index in [4.69, 9.17) is 10.5 Å². The molecule has 0 saturated carbocycles. The van der Waals surface area contributed by atoms with Gasteiger partial charge in [0.15, 0.2) is 11.5 Å². The Balaban J connectivity index is 1.95. The van der Waals surface area contributed by atoms with Gasteiger partial charge in [0, 0.05) is 5.69 Å². The van der Waals surface area contributed by atoms with Crippen molar-refractivity contribution >= 4 is 11.7 Å². The van der Waals surface area contributed by atoms with E-state index in [0.29, 0.717) is 18.1 Å². The van der Waals surface area contributed by atoms with Gasteiger partial charge < -0.3 is 10.5 Å². The molecule has 0 saturated heterocycles. The van der Waals surface area contributed by atoms with E-state index in [-0.39, 0.29) is 5.69 Å². The highest BCUT2D eigenvalue weighted by atomic mass is 16.5. The predicted molar refractivity (Wildman–Crippen MR) is 73.8 cm³/mol. The Hall–Kier alpha value is -2.37. The number of carbonyl (C=O) groups excluding carboxylic acids is 1. The molecule has 2 aromatic rings. The molecule has 6 nitrogen and oxygen atoms in total. The Labute approximate surface area is 116 Å². The van der Waals surface area contributed by atoms with Gasteiger partial charge >= 0.3 is 5.97 Å². The third-order valence-electron chi connectivity index (χ3n) is 3.36. The van der Waals surface area contributed by atoms with Crippen LogP contribution in [0.4, 0.5) is 5.69 Å². The van der Waals surface area contributed by atoms with Crippen molar-refractivity contribution in [1.29, 1.82) is 0 Å². The fraction of sp³-hybridized carbons (Fsp3) is 0.357. The molecule has 0 amide bonds. The van der Waals surface area contributed by atoms with Crippen LogP contribution in [0.25, 0.3) is 5.82 Å². The summed E-state index contributed by atoms with van der Waals surface area (Å²) >= 11 is 0. The number of aryl methyl sites for hydroxylation is 2. The average Bonchev–Trinajstić information content (AvgIpc) is 3.04. The molecule has 0 unspecified atom stereocenters. The van der Waals surface area contributed by atoms with Crippen molar-refractivity contribution in [3.8, 4) is 5.82 Å². The number of rotatable bonds is 3. The van der Waals surface area contributed by atoms with Crippen LogP contribution in [0, 0.1) is 0 Å². The summed E-state index contributed by atoms with van der Waals surface area (Å²) in [6.45, 7) is 2.04. The number of hydrogen-bond acceptors (Lipinski definition) is 5. The molecule has 0 aromatic carbocycles. The van der Waals surface area contributed by atoms with Crippen molar-refractivity contribution in [3.63, 3.8) is 0 Å². The Morgan fingerprint density at radius 1 is 1.45 bits per heavy atom. The molecule has 2 N–H and O–H groups in total. The molecule has 2 heterocycles. The molecule has 6 heteroatoms. The van der Waals surface area contributed by atoms with Crippen LogP contribution in [0.15, 0.2) is 18.3 Å². The van der Waals surface area contributed by atoms with Crippen LogP contribution in [0.5, 0.6) is 0 Å². The number of ether oxygens (including phenoxy) is 1. The minimum atomic E-state index is -0.509. The minimum Gasteiger partial charge on any atom is -0.461 e. The standard InChI is InChI=1S/C14H16N4O2/c1-2-20-14(19)13-10(15)8-18(17-13)12-7-6-9-4-3-5-11(9)16-12/h6-8H,2-5,15H2,1H3. The first-order valence-electron chi connectivity index (χ1n) is 6.70. The third kappa shape index (κ3) is 2.13. The number of nitrogens with two attached hydrogens (primary N) is 1. The molecule has 0 bridgehead atoms. The second-order valence-electron chi connectivity index (χ2n) is 4.73. The van der Waals surface area contributed by atoms with Crippen LogP contribution in [0.3, 0.4) is 0 Å². The fourth-order valence-corrected chi connectivity index (χ4v) is 2.40. The first kappa shape index (κ1) is 12.7. The number of nitrogens with zero attached hydrogens (tertiary/aromatic N) is 3. The summed E-state index contributed by atoms with van der Waals surface area (Å²) in [5, 5.41) is 4.18. The van der Waals surface area contributed by atoms with Crippen molar-refractivity contribution in [1.82, 2.24) is 14.8 Å². The topological polar surface area (TPSA) is 83.0 Å². The smallest absolute Gasteiger partial charge is 0.361 e. The second kappa shape index (κ2) is 4.96. The van der Waals surface area contributed by atoms with Crippen molar-refractivity contribution in [2.75, 3.05) is 12.3 Å². The van der Waals surface area contributed by atoms with Gasteiger partial charge in [0.1, 0.15) is 0 Å². The Kier molecular flexibility index (Phi) is 3.14. The molecule has 1 aliphatic carbocycles. The fourth-order valence-electron chi connectivity index (χ4n) is 2.40. The first-order valence-corrected chi connectivity index (χ1v) is 6.70. The maximum absolute atomic E-state index is 11.7. The predicted octanol–water partition coefficient (Wildman–Crippen LogP) is 1.51. The van der Waals surface area contributed by atoms with E-state index in [2.05, 4.69) is 16.1 Å². The van der Waals surface area contributed by atoms with Gasteiger partial charge in [-0.3, -0.25) is 0 Å². The van der Waals surface area contributed by atoms with Crippen LogP contribution in [0.1, 0.15) is 35.1 Å². The molecule has 3 rings (SSSR count). The molecule has 0 aliphatic heterocycles. The largest absolute Gasteiger partial charge is 0.461 e. The van der Waals surface area contributed by atoms with E-state index >= 15 is 0 Å². The Morgan fingerprint density at radius 3 is 3.10 bits per heavy atom. The SMILES string of the molecule is CCOC(=O)c1nn(-c2ccc3c(n2)CCC3)cc1N. The van der Waals surface area contributed by atoms with E-state index in [0.717, 1.165) is 25.0 Å². The summed E-state index contributed by atoms with van der Waals surface area (Å²) in [6, 6.07) is 3.96. The lowest BCUT2D eigenvalue weighted by molar-refractivity contribution is 0.0520. The quantitative estimate of drug-likeness (QED) is 0.856. The van der Waals surface area contributed by atoms with Gasteiger partial charge in [-0.1, -0.05) is 6.07 Å². The lowest BCUT2D eigenvalue weighted by Gasteiger charge is -2.03. The number of anilines is 1. The van der Waals surface area contributed by atoms with Crippen molar-refractivity contribution < 1.29 is 9.53 Å². The second-order valence-corrected chi connectivity index (χ2v) is 4.73. The van der Waals surface area contributed by atoms with E-state index in [1.54, 1.807) is 13.1 Å². The van der Waals surface area contributed by atoms with Gasteiger partial charge in [0.2, 0.25) is 0 Å². The van der Waals surface area contributed by atoms with Crippen molar-refractivity contribution in [3.05, 3.63) is 35.3 Å². The van der Waals surface area contributed by atoms with Crippen LogP contribution in [-0.2, 0) is 17.6 Å². The van der Waals surface area contributed by atoms with Gasteiger partial charge in [-0.15, -0.1) is 0 Å². The molecule has 20 heavy (non-hydrogen) atoms. The number of aromatic nitrogens is 3. The zero-order valence-corrected chi connectivity index (χ0v) is 11.3. The number of pyridine rings is 1. The third-order valence-corrected chi connectivity index (χ3v) is 3.36. The number of fused-ring (bicyclic) bond motifs is 1. The average molecular weight is 272 g/mol. The van der Waals surface area contributed by atoms with E-state index in [1.807, 2.05) is 6.07 Å². The maximum atomic E-state index is 11.7. The van der Waals surface area contributed by atoms with Gasteiger partial charge in [0.05, 0.1) is 18.5 Å². The van der Waals surface area contributed by atoms with E-state index in [9.17, 15) is 4.79 Å². The summed E-state index contributed by atoms with van der Waals surface area (Å²) in [4.78, 5) is 16.3. The van der Waals surface area contributed by atoms with Gasteiger partial charge in [-0.25, -0.2) is 14.5 Å². The lowest BCUT2D eigenvalue weighted by Crippen LogP contribution is -2.09.